The average Bonchev–Trinajstić information content (AvgIpc) is 2.73. The molecule has 0 aliphatic heterocycles. The van der Waals surface area contributed by atoms with Gasteiger partial charge in [0.1, 0.15) is 0 Å². The van der Waals surface area contributed by atoms with Gasteiger partial charge in [-0.1, -0.05) is 48.5 Å². The van der Waals surface area contributed by atoms with Gasteiger partial charge in [-0.15, -0.1) is 0 Å². The lowest BCUT2D eigenvalue weighted by atomic mass is 10.1. The zero-order valence-electron chi connectivity index (χ0n) is 16.0. The normalized spacial score (nSPS) is 11.6. The highest BCUT2D eigenvalue weighted by molar-refractivity contribution is 5.81. The van der Waals surface area contributed by atoms with Crippen molar-refractivity contribution in [3.8, 4) is 0 Å². The average molecular weight is 397 g/mol. The van der Waals surface area contributed by atoms with Gasteiger partial charge in [-0.05, 0) is 48.4 Å². The molecular weight excluding hydrogens is 375 g/mol. The van der Waals surface area contributed by atoms with Crippen LogP contribution >= 0.6 is 0 Å². The number of rotatable bonds is 7. The van der Waals surface area contributed by atoms with E-state index in [1.54, 1.807) is 12.3 Å². The molecule has 3 rings (SSSR count). The monoisotopic (exact) mass is 397 g/mol. The van der Waals surface area contributed by atoms with E-state index in [1.165, 1.54) is 11.6 Å². The van der Waals surface area contributed by atoms with Crippen LogP contribution < -0.4 is 10.3 Å². The molecule has 3 aromatic rings. The summed E-state index contributed by atoms with van der Waals surface area (Å²) in [5, 5.41) is 4.04. The third kappa shape index (κ3) is 5.85. The molecular formula is C23H22F3N3. The molecule has 0 spiro atoms. The van der Waals surface area contributed by atoms with Crippen LogP contribution in [0.4, 0.5) is 24.5 Å². The predicted molar refractivity (Wildman–Crippen MR) is 112 cm³/mol. The number of alkyl halides is 3. The van der Waals surface area contributed by atoms with Crippen LogP contribution in [-0.2, 0) is 12.7 Å². The number of hydrogen-bond donors (Lipinski definition) is 1. The SMILES string of the molecule is CCN(Cc1ccccc1)c1ccc(C=NNc2cccc(C(F)(F)F)c2)cc1. The predicted octanol–water partition coefficient (Wildman–Crippen LogP) is 6.18. The molecule has 0 atom stereocenters. The molecule has 3 nitrogen and oxygen atoms in total. The zero-order valence-corrected chi connectivity index (χ0v) is 16.0. The lowest BCUT2D eigenvalue weighted by Gasteiger charge is -2.23. The molecule has 1 N–H and O–H groups in total. The Morgan fingerprint density at radius 2 is 1.66 bits per heavy atom. The number of anilines is 2. The molecule has 0 aliphatic carbocycles. The highest BCUT2D eigenvalue weighted by Gasteiger charge is 2.30. The van der Waals surface area contributed by atoms with Crippen molar-refractivity contribution in [2.24, 2.45) is 5.10 Å². The maximum Gasteiger partial charge on any atom is 0.416 e. The van der Waals surface area contributed by atoms with Crippen molar-refractivity contribution >= 4 is 17.6 Å². The highest BCUT2D eigenvalue weighted by Crippen LogP contribution is 2.30. The van der Waals surface area contributed by atoms with Gasteiger partial charge in [0, 0.05) is 18.8 Å². The molecule has 0 aromatic heterocycles. The van der Waals surface area contributed by atoms with Gasteiger partial charge in [-0.3, -0.25) is 5.43 Å². The molecule has 29 heavy (non-hydrogen) atoms. The Morgan fingerprint density at radius 1 is 0.931 bits per heavy atom. The quantitative estimate of drug-likeness (QED) is 0.381. The van der Waals surface area contributed by atoms with Crippen LogP contribution in [0, 0.1) is 0 Å². The number of hydrazone groups is 1. The molecule has 3 aromatic carbocycles. The fourth-order valence-electron chi connectivity index (χ4n) is 2.91. The second kappa shape index (κ2) is 9.28. The first-order valence-electron chi connectivity index (χ1n) is 9.31. The van der Waals surface area contributed by atoms with Crippen LogP contribution in [0.15, 0.2) is 84.0 Å². The molecule has 0 heterocycles. The summed E-state index contributed by atoms with van der Waals surface area (Å²) >= 11 is 0. The van der Waals surface area contributed by atoms with Crippen LogP contribution in [0.25, 0.3) is 0 Å². The standard InChI is InChI=1S/C23H22F3N3/c1-2-29(17-19-7-4-3-5-8-19)22-13-11-18(12-14-22)16-27-28-21-10-6-9-20(15-21)23(24,25)26/h3-16,28H,2,17H2,1H3. The summed E-state index contributed by atoms with van der Waals surface area (Å²) in [6.45, 7) is 3.80. The summed E-state index contributed by atoms with van der Waals surface area (Å²) in [5.74, 6) is 0. The zero-order chi connectivity index (χ0) is 20.7. The van der Waals surface area contributed by atoms with Crippen molar-refractivity contribution < 1.29 is 13.2 Å². The molecule has 150 valence electrons. The van der Waals surface area contributed by atoms with E-state index in [-0.39, 0.29) is 5.69 Å². The number of nitrogens with one attached hydrogen (secondary N) is 1. The van der Waals surface area contributed by atoms with Gasteiger partial charge in [0.05, 0.1) is 17.5 Å². The Balaban J connectivity index is 1.63. The van der Waals surface area contributed by atoms with Crippen molar-refractivity contribution in [2.75, 3.05) is 16.9 Å². The van der Waals surface area contributed by atoms with Gasteiger partial charge < -0.3 is 4.90 Å². The van der Waals surface area contributed by atoms with Crippen molar-refractivity contribution in [2.45, 2.75) is 19.6 Å². The largest absolute Gasteiger partial charge is 0.416 e. The first-order valence-corrected chi connectivity index (χ1v) is 9.31. The van der Waals surface area contributed by atoms with E-state index in [4.69, 9.17) is 0 Å². The van der Waals surface area contributed by atoms with Crippen molar-refractivity contribution in [1.29, 1.82) is 0 Å². The minimum Gasteiger partial charge on any atom is -0.367 e. The van der Waals surface area contributed by atoms with Gasteiger partial charge in [-0.2, -0.15) is 18.3 Å². The van der Waals surface area contributed by atoms with Gasteiger partial charge in [0.15, 0.2) is 0 Å². The van der Waals surface area contributed by atoms with Gasteiger partial charge in [0.25, 0.3) is 0 Å². The maximum atomic E-state index is 12.8. The molecule has 0 saturated heterocycles. The molecule has 0 aliphatic rings. The summed E-state index contributed by atoms with van der Waals surface area (Å²) in [6.07, 6.45) is -2.79. The topological polar surface area (TPSA) is 27.6 Å². The fourth-order valence-corrected chi connectivity index (χ4v) is 2.91. The summed E-state index contributed by atoms with van der Waals surface area (Å²) in [4.78, 5) is 2.26. The summed E-state index contributed by atoms with van der Waals surface area (Å²) in [7, 11) is 0. The van der Waals surface area contributed by atoms with E-state index >= 15 is 0 Å². The molecule has 0 amide bonds. The van der Waals surface area contributed by atoms with Crippen molar-refractivity contribution in [3.05, 3.63) is 95.6 Å². The Morgan fingerprint density at radius 3 is 2.31 bits per heavy atom. The molecule has 0 radical (unpaired) electrons. The maximum absolute atomic E-state index is 12.8. The minimum atomic E-state index is -4.37. The third-order valence-electron chi connectivity index (χ3n) is 4.45. The van der Waals surface area contributed by atoms with Crippen LogP contribution in [0.5, 0.6) is 0 Å². The van der Waals surface area contributed by atoms with E-state index in [0.717, 1.165) is 36.5 Å². The Hall–Kier alpha value is -3.28. The van der Waals surface area contributed by atoms with Gasteiger partial charge in [0.2, 0.25) is 0 Å². The van der Waals surface area contributed by atoms with Crippen LogP contribution in [0.2, 0.25) is 0 Å². The smallest absolute Gasteiger partial charge is 0.367 e. The van der Waals surface area contributed by atoms with E-state index in [0.29, 0.717) is 0 Å². The van der Waals surface area contributed by atoms with Gasteiger partial charge in [-0.25, -0.2) is 0 Å². The lowest BCUT2D eigenvalue weighted by Crippen LogP contribution is -2.21. The van der Waals surface area contributed by atoms with Crippen LogP contribution in [0.1, 0.15) is 23.6 Å². The van der Waals surface area contributed by atoms with Crippen LogP contribution in [-0.4, -0.2) is 12.8 Å². The molecule has 0 saturated carbocycles. The first-order chi connectivity index (χ1) is 14.0. The molecule has 0 bridgehead atoms. The number of nitrogens with zero attached hydrogens (tertiary/aromatic N) is 2. The number of hydrogen-bond acceptors (Lipinski definition) is 3. The third-order valence-corrected chi connectivity index (χ3v) is 4.45. The minimum absolute atomic E-state index is 0.285. The lowest BCUT2D eigenvalue weighted by molar-refractivity contribution is -0.137. The summed E-state index contributed by atoms with van der Waals surface area (Å²) < 4.78 is 38.3. The Kier molecular flexibility index (Phi) is 6.54. The van der Waals surface area contributed by atoms with Crippen LogP contribution in [0.3, 0.4) is 0 Å². The Labute approximate surface area is 168 Å². The summed E-state index contributed by atoms with van der Waals surface area (Å²) in [6, 6.07) is 23.1. The van der Waals surface area contributed by atoms with Gasteiger partial charge >= 0.3 is 6.18 Å². The van der Waals surface area contributed by atoms with E-state index in [2.05, 4.69) is 34.5 Å². The molecule has 0 fully saturated rings. The number of benzene rings is 3. The van der Waals surface area contributed by atoms with Crippen molar-refractivity contribution in [1.82, 2.24) is 0 Å². The van der Waals surface area contributed by atoms with Crippen molar-refractivity contribution in [3.63, 3.8) is 0 Å². The first kappa shape index (κ1) is 20.5. The second-order valence-electron chi connectivity index (χ2n) is 6.54. The molecule has 0 unspecified atom stereocenters. The summed E-state index contributed by atoms with van der Waals surface area (Å²) in [5.41, 5.74) is 5.41. The molecule has 6 heteroatoms. The highest BCUT2D eigenvalue weighted by atomic mass is 19.4. The van der Waals surface area contributed by atoms with E-state index in [9.17, 15) is 13.2 Å². The van der Waals surface area contributed by atoms with E-state index in [1.807, 2.05) is 42.5 Å². The fraction of sp³-hybridized carbons (Fsp3) is 0.174. The number of halogens is 3. The van der Waals surface area contributed by atoms with E-state index < -0.39 is 11.7 Å². The second-order valence-corrected chi connectivity index (χ2v) is 6.54. The Bertz CT molecular complexity index is 936.